The second kappa shape index (κ2) is 3.82. The Morgan fingerprint density at radius 3 is 3.00 bits per heavy atom. The molecule has 1 aromatic carbocycles. The van der Waals surface area contributed by atoms with Gasteiger partial charge in [-0.25, -0.2) is 0 Å². The first-order chi connectivity index (χ1) is 8.83. The second-order valence-corrected chi connectivity index (χ2v) is 5.81. The van der Waals surface area contributed by atoms with Crippen molar-refractivity contribution in [2.24, 2.45) is 5.92 Å². The van der Waals surface area contributed by atoms with Gasteiger partial charge >= 0.3 is 0 Å². The minimum Gasteiger partial charge on any atom is -0.340 e. The number of carbonyl (C=O) groups is 1. The lowest BCUT2D eigenvalue weighted by atomic mass is 9.77. The van der Waals surface area contributed by atoms with E-state index < -0.39 is 0 Å². The molecule has 94 valence electrons. The van der Waals surface area contributed by atoms with Crippen LogP contribution < -0.4 is 5.32 Å². The van der Waals surface area contributed by atoms with Crippen molar-refractivity contribution in [2.75, 3.05) is 19.6 Å². The average Bonchev–Trinajstić information content (AvgIpc) is 2.90. The van der Waals surface area contributed by atoms with E-state index in [1.54, 1.807) is 0 Å². The van der Waals surface area contributed by atoms with Crippen LogP contribution in [0.2, 0.25) is 0 Å². The fraction of sp³-hybridized carbons (Fsp3) is 0.533. The lowest BCUT2D eigenvalue weighted by Crippen LogP contribution is -2.40. The van der Waals surface area contributed by atoms with Gasteiger partial charge in [0.25, 0.3) is 0 Å². The maximum absolute atomic E-state index is 12.5. The van der Waals surface area contributed by atoms with E-state index in [4.69, 9.17) is 0 Å². The Bertz CT molecular complexity index is 487. The van der Waals surface area contributed by atoms with E-state index in [1.165, 1.54) is 17.5 Å². The smallest absolute Gasteiger partial charge is 0.230 e. The van der Waals surface area contributed by atoms with Gasteiger partial charge in [-0.15, -0.1) is 0 Å². The molecule has 2 aliphatic heterocycles. The van der Waals surface area contributed by atoms with Gasteiger partial charge in [0, 0.05) is 19.1 Å². The molecule has 0 aromatic heterocycles. The summed E-state index contributed by atoms with van der Waals surface area (Å²) in [4.78, 5) is 14.6. The molecular formula is C15H18N2O. The molecule has 3 atom stereocenters. The zero-order chi connectivity index (χ0) is 12.1. The van der Waals surface area contributed by atoms with Crippen LogP contribution in [0.3, 0.4) is 0 Å². The minimum atomic E-state index is 0.139. The maximum atomic E-state index is 12.5. The van der Waals surface area contributed by atoms with Crippen molar-refractivity contribution in [3.8, 4) is 0 Å². The van der Waals surface area contributed by atoms with Crippen LogP contribution in [-0.2, 0) is 11.2 Å². The van der Waals surface area contributed by atoms with E-state index in [-0.39, 0.29) is 5.92 Å². The zero-order valence-corrected chi connectivity index (χ0v) is 10.4. The lowest BCUT2D eigenvalue weighted by Gasteiger charge is -2.32. The van der Waals surface area contributed by atoms with Crippen LogP contribution in [0.1, 0.15) is 23.5 Å². The molecule has 3 heteroatoms. The number of hydrogen-bond acceptors (Lipinski definition) is 2. The molecule has 0 saturated carbocycles. The first kappa shape index (κ1) is 10.6. The van der Waals surface area contributed by atoms with E-state index in [0.29, 0.717) is 17.9 Å². The van der Waals surface area contributed by atoms with Crippen molar-refractivity contribution < 1.29 is 4.79 Å². The minimum absolute atomic E-state index is 0.139. The Balaban J connectivity index is 1.50. The third-order valence-corrected chi connectivity index (χ3v) is 4.83. The summed E-state index contributed by atoms with van der Waals surface area (Å²) >= 11 is 0. The molecule has 1 aliphatic carbocycles. The van der Waals surface area contributed by atoms with Crippen LogP contribution in [0.15, 0.2) is 24.3 Å². The Morgan fingerprint density at radius 1 is 1.28 bits per heavy atom. The number of hydrogen-bond donors (Lipinski definition) is 1. The first-order valence-electron chi connectivity index (χ1n) is 6.93. The van der Waals surface area contributed by atoms with Gasteiger partial charge in [0.1, 0.15) is 0 Å². The van der Waals surface area contributed by atoms with Gasteiger partial charge < -0.3 is 10.2 Å². The van der Waals surface area contributed by atoms with Gasteiger partial charge in [0.2, 0.25) is 5.91 Å². The highest BCUT2D eigenvalue weighted by molar-refractivity contribution is 5.87. The number of likely N-dealkylation sites (tertiary alicyclic amines) is 1. The van der Waals surface area contributed by atoms with Crippen LogP contribution in [0, 0.1) is 5.92 Å². The summed E-state index contributed by atoms with van der Waals surface area (Å²) in [5, 5.41) is 3.50. The number of benzene rings is 1. The number of carbonyl (C=O) groups excluding carboxylic acids is 1. The van der Waals surface area contributed by atoms with Gasteiger partial charge in [0.05, 0.1) is 5.92 Å². The van der Waals surface area contributed by atoms with Crippen LogP contribution >= 0.6 is 0 Å². The molecule has 2 saturated heterocycles. The molecule has 2 heterocycles. The van der Waals surface area contributed by atoms with E-state index in [1.807, 2.05) is 6.07 Å². The predicted octanol–water partition coefficient (Wildman–Crippen LogP) is 1.15. The number of nitrogens with one attached hydrogen (secondary N) is 1. The number of nitrogens with zero attached hydrogens (tertiary/aromatic N) is 1. The maximum Gasteiger partial charge on any atom is 0.230 e. The topological polar surface area (TPSA) is 32.3 Å². The highest BCUT2D eigenvalue weighted by Gasteiger charge is 2.42. The molecule has 0 bridgehead atoms. The van der Waals surface area contributed by atoms with Crippen molar-refractivity contribution in [3.05, 3.63) is 35.4 Å². The standard InChI is InChI=1S/C15H18N2O/c18-15(13-7-10-3-1-2-4-12(10)13)17-8-11-5-6-16-14(11)9-17/h1-4,11,13-14,16H,5-9H2/t11-,13?,14+/m1/s1. The highest BCUT2D eigenvalue weighted by atomic mass is 16.2. The Labute approximate surface area is 107 Å². The normalized spacial score (nSPS) is 32.9. The van der Waals surface area contributed by atoms with Crippen LogP contribution in [-0.4, -0.2) is 36.5 Å². The number of amides is 1. The van der Waals surface area contributed by atoms with Crippen LogP contribution in [0.5, 0.6) is 0 Å². The average molecular weight is 242 g/mol. The van der Waals surface area contributed by atoms with Crippen molar-refractivity contribution in [1.82, 2.24) is 10.2 Å². The van der Waals surface area contributed by atoms with Crippen molar-refractivity contribution in [2.45, 2.75) is 24.8 Å². The van der Waals surface area contributed by atoms with E-state index in [9.17, 15) is 4.79 Å². The fourth-order valence-electron chi connectivity index (χ4n) is 3.73. The predicted molar refractivity (Wildman–Crippen MR) is 69.4 cm³/mol. The molecule has 18 heavy (non-hydrogen) atoms. The quantitative estimate of drug-likeness (QED) is 0.801. The summed E-state index contributed by atoms with van der Waals surface area (Å²) in [6.07, 6.45) is 2.17. The Kier molecular flexibility index (Phi) is 2.24. The summed E-state index contributed by atoms with van der Waals surface area (Å²) in [7, 11) is 0. The largest absolute Gasteiger partial charge is 0.340 e. The summed E-state index contributed by atoms with van der Waals surface area (Å²) in [5.74, 6) is 1.19. The number of fused-ring (bicyclic) bond motifs is 2. The van der Waals surface area contributed by atoms with E-state index >= 15 is 0 Å². The molecule has 0 radical (unpaired) electrons. The van der Waals surface area contributed by atoms with Gasteiger partial charge in [-0.1, -0.05) is 24.3 Å². The van der Waals surface area contributed by atoms with Gasteiger partial charge in [-0.2, -0.15) is 0 Å². The molecule has 1 aromatic rings. The third-order valence-electron chi connectivity index (χ3n) is 4.83. The monoisotopic (exact) mass is 242 g/mol. The van der Waals surface area contributed by atoms with E-state index in [0.717, 1.165) is 26.1 Å². The van der Waals surface area contributed by atoms with Crippen LogP contribution in [0.25, 0.3) is 0 Å². The highest BCUT2D eigenvalue weighted by Crippen LogP contribution is 2.37. The molecule has 0 spiro atoms. The molecule has 1 amide bonds. The van der Waals surface area contributed by atoms with Gasteiger partial charge in [-0.05, 0) is 36.4 Å². The molecule has 3 aliphatic rings. The Morgan fingerprint density at radius 2 is 2.17 bits per heavy atom. The van der Waals surface area contributed by atoms with Gasteiger partial charge in [0.15, 0.2) is 0 Å². The molecule has 1 N–H and O–H groups in total. The van der Waals surface area contributed by atoms with Crippen molar-refractivity contribution >= 4 is 5.91 Å². The van der Waals surface area contributed by atoms with Crippen molar-refractivity contribution in [3.63, 3.8) is 0 Å². The molecule has 4 rings (SSSR count). The Hall–Kier alpha value is -1.35. The van der Waals surface area contributed by atoms with Crippen LogP contribution in [0.4, 0.5) is 0 Å². The SMILES string of the molecule is O=C(C1Cc2ccccc21)N1C[C@H]2CCN[C@H]2C1. The van der Waals surface area contributed by atoms with Crippen molar-refractivity contribution in [1.29, 1.82) is 0 Å². The summed E-state index contributed by atoms with van der Waals surface area (Å²) in [5.41, 5.74) is 2.61. The lowest BCUT2D eigenvalue weighted by molar-refractivity contribution is -0.132. The fourth-order valence-corrected chi connectivity index (χ4v) is 3.73. The molecule has 3 nitrogen and oxygen atoms in total. The van der Waals surface area contributed by atoms with E-state index in [2.05, 4.69) is 28.4 Å². The summed E-state index contributed by atoms with van der Waals surface area (Å²) in [6, 6.07) is 8.90. The zero-order valence-electron chi connectivity index (χ0n) is 10.4. The molecule has 1 unspecified atom stereocenters. The molecular weight excluding hydrogens is 224 g/mol. The third kappa shape index (κ3) is 1.43. The number of rotatable bonds is 1. The summed E-state index contributed by atoms with van der Waals surface area (Å²) in [6.45, 7) is 3.01. The van der Waals surface area contributed by atoms with Gasteiger partial charge in [-0.3, -0.25) is 4.79 Å². The summed E-state index contributed by atoms with van der Waals surface area (Å²) < 4.78 is 0. The first-order valence-corrected chi connectivity index (χ1v) is 6.93. The molecule has 2 fully saturated rings. The second-order valence-electron chi connectivity index (χ2n) is 5.81.